The molecular weight excluding hydrogens is 236 g/mol. The lowest BCUT2D eigenvalue weighted by Gasteiger charge is -2.16. The van der Waals surface area contributed by atoms with Gasteiger partial charge in [0.1, 0.15) is 0 Å². The van der Waals surface area contributed by atoms with E-state index in [0.29, 0.717) is 19.0 Å². The number of carbonyl (C=O) groups is 1. The van der Waals surface area contributed by atoms with E-state index in [4.69, 9.17) is 5.73 Å². The van der Waals surface area contributed by atoms with Gasteiger partial charge >= 0.3 is 0 Å². The summed E-state index contributed by atoms with van der Waals surface area (Å²) in [6.07, 6.45) is 2.01. The largest absolute Gasteiger partial charge is 0.352 e. The molecule has 19 heavy (non-hydrogen) atoms. The van der Waals surface area contributed by atoms with Gasteiger partial charge in [-0.1, -0.05) is 31.0 Å². The van der Waals surface area contributed by atoms with Gasteiger partial charge in [-0.3, -0.25) is 4.79 Å². The zero-order chi connectivity index (χ0) is 14.4. The average Bonchev–Trinajstić information content (AvgIpc) is 2.33. The van der Waals surface area contributed by atoms with Gasteiger partial charge in [-0.2, -0.15) is 0 Å². The van der Waals surface area contributed by atoms with Crippen LogP contribution in [0.3, 0.4) is 0 Å². The smallest absolute Gasteiger partial charge is 0.251 e. The predicted molar refractivity (Wildman–Crippen MR) is 80.4 cm³/mol. The highest BCUT2D eigenvalue weighted by atomic mass is 16.1. The maximum Gasteiger partial charge on any atom is 0.251 e. The first-order valence-corrected chi connectivity index (χ1v) is 7.05. The van der Waals surface area contributed by atoms with E-state index in [1.807, 2.05) is 13.8 Å². The molecule has 0 fully saturated rings. The Balaban J connectivity index is 2.73. The van der Waals surface area contributed by atoms with Gasteiger partial charge in [0.2, 0.25) is 0 Å². The molecule has 0 heterocycles. The summed E-state index contributed by atoms with van der Waals surface area (Å²) in [6.45, 7) is 9.55. The summed E-state index contributed by atoms with van der Waals surface area (Å²) < 4.78 is 0. The van der Waals surface area contributed by atoms with Gasteiger partial charge in [-0.25, -0.2) is 0 Å². The van der Waals surface area contributed by atoms with Crippen molar-refractivity contribution in [1.29, 1.82) is 0 Å². The molecule has 0 aliphatic heterocycles. The highest BCUT2D eigenvalue weighted by Gasteiger charge is 2.14. The summed E-state index contributed by atoms with van der Waals surface area (Å²) in [6, 6.07) is 4.11. The van der Waals surface area contributed by atoms with E-state index >= 15 is 0 Å². The van der Waals surface area contributed by atoms with Gasteiger partial charge in [0.15, 0.2) is 0 Å². The molecule has 0 spiro atoms. The Labute approximate surface area is 116 Å². The van der Waals surface area contributed by atoms with Crippen molar-refractivity contribution in [3.05, 3.63) is 34.4 Å². The second-order valence-corrected chi connectivity index (χ2v) is 5.34. The molecule has 1 aromatic rings. The second kappa shape index (κ2) is 7.29. The molecule has 0 aromatic heterocycles. The normalized spacial score (nSPS) is 12.3. The molecule has 0 radical (unpaired) electrons. The van der Waals surface area contributed by atoms with Crippen molar-refractivity contribution in [2.45, 2.75) is 40.5 Å². The van der Waals surface area contributed by atoms with E-state index in [-0.39, 0.29) is 5.91 Å². The first-order valence-electron chi connectivity index (χ1n) is 7.05. The van der Waals surface area contributed by atoms with E-state index in [9.17, 15) is 4.79 Å². The van der Waals surface area contributed by atoms with Crippen molar-refractivity contribution in [3.8, 4) is 0 Å². The first kappa shape index (κ1) is 15.7. The Morgan fingerprint density at radius 2 is 1.84 bits per heavy atom. The third-order valence-corrected chi connectivity index (χ3v) is 3.61. The molecule has 0 saturated carbocycles. The Bertz CT molecular complexity index is 417. The number of hydrogen-bond acceptors (Lipinski definition) is 2. The molecule has 0 bridgehead atoms. The van der Waals surface area contributed by atoms with Crippen LogP contribution in [-0.4, -0.2) is 19.0 Å². The monoisotopic (exact) mass is 262 g/mol. The molecule has 3 N–H and O–H groups in total. The molecule has 106 valence electrons. The predicted octanol–water partition coefficient (Wildman–Crippen LogP) is 2.72. The van der Waals surface area contributed by atoms with Crippen LogP contribution in [0.2, 0.25) is 0 Å². The van der Waals surface area contributed by atoms with Crippen LogP contribution in [-0.2, 0) is 0 Å². The molecular formula is C16H26N2O. The summed E-state index contributed by atoms with van der Waals surface area (Å²) in [4.78, 5) is 12.3. The number of nitrogens with one attached hydrogen (secondary N) is 1. The summed E-state index contributed by atoms with van der Waals surface area (Å²) in [7, 11) is 0. The summed E-state index contributed by atoms with van der Waals surface area (Å²) in [5, 5.41) is 3.04. The number of amides is 1. The SMILES string of the molecule is CCC(CCN)CNC(=O)c1c(C)cc(C)cc1C. The lowest BCUT2D eigenvalue weighted by atomic mass is 9.98. The van der Waals surface area contributed by atoms with Crippen molar-refractivity contribution in [3.63, 3.8) is 0 Å². The Morgan fingerprint density at radius 3 is 2.32 bits per heavy atom. The fourth-order valence-corrected chi connectivity index (χ4v) is 2.55. The van der Waals surface area contributed by atoms with Crippen molar-refractivity contribution in [2.75, 3.05) is 13.1 Å². The van der Waals surface area contributed by atoms with Gasteiger partial charge in [-0.15, -0.1) is 0 Å². The third kappa shape index (κ3) is 4.35. The minimum absolute atomic E-state index is 0.0328. The summed E-state index contributed by atoms with van der Waals surface area (Å²) >= 11 is 0. The third-order valence-electron chi connectivity index (χ3n) is 3.61. The number of nitrogens with two attached hydrogens (primary N) is 1. The van der Waals surface area contributed by atoms with E-state index in [0.717, 1.165) is 29.5 Å². The Hall–Kier alpha value is -1.35. The van der Waals surface area contributed by atoms with E-state index in [2.05, 4.69) is 31.3 Å². The standard InChI is InChI=1S/C16H26N2O/c1-5-14(6-7-17)10-18-16(19)15-12(3)8-11(2)9-13(15)4/h8-9,14H,5-7,10,17H2,1-4H3,(H,18,19). The second-order valence-electron chi connectivity index (χ2n) is 5.34. The minimum atomic E-state index is 0.0328. The molecule has 3 nitrogen and oxygen atoms in total. The van der Waals surface area contributed by atoms with Crippen LogP contribution in [0.1, 0.15) is 46.8 Å². The van der Waals surface area contributed by atoms with Crippen LogP contribution >= 0.6 is 0 Å². The molecule has 1 rings (SSSR count). The molecule has 0 aliphatic rings. The zero-order valence-electron chi connectivity index (χ0n) is 12.5. The van der Waals surface area contributed by atoms with Crippen molar-refractivity contribution >= 4 is 5.91 Å². The number of carbonyl (C=O) groups excluding carboxylic acids is 1. The van der Waals surface area contributed by atoms with Crippen LogP contribution in [0.4, 0.5) is 0 Å². The minimum Gasteiger partial charge on any atom is -0.352 e. The van der Waals surface area contributed by atoms with Crippen LogP contribution in [0, 0.1) is 26.7 Å². The highest BCUT2D eigenvalue weighted by Crippen LogP contribution is 2.16. The number of benzene rings is 1. The number of aryl methyl sites for hydroxylation is 3. The molecule has 1 amide bonds. The fourth-order valence-electron chi connectivity index (χ4n) is 2.55. The lowest BCUT2D eigenvalue weighted by Crippen LogP contribution is -2.31. The van der Waals surface area contributed by atoms with Gasteiger partial charge in [0.25, 0.3) is 5.91 Å². The number of hydrogen-bond donors (Lipinski definition) is 2. The van der Waals surface area contributed by atoms with Crippen molar-refractivity contribution in [2.24, 2.45) is 11.7 Å². The van der Waals surface area contributed by atoms with E-state index in [1.165, 1.54) is 5.56 Å². The van der Waals surface area contributed by atoms with Crippen LogP contribution in [0.15, 0.2) is 12.1 Å². The van der Waals surface area contributed by atoms with Gasteiger partial charge in [0.05, 0.1) is 0 Å². The molecule has 0 aliphatic carbocycles. The van der Waals surface area contributed by atoms with Crippen molar-refractivity contribution < 1.29 is 4.79 Å². The topological polar surface area (TPSA) is 55.1 Å². The van der Waals surface area contributed by atoms with E-state index in [1.54, 1.807) is 0 Å². The summed E-state index contributed by atoms with van der Waals surface area (Å²) in [5.74, 6) is 0.505. The number of rotatable bonds is 6. The first-order chi connectivity index (χ1) is 8.99. The molecule has 0 saturated heterocycles. The molecule has 3 heteroatoms. The quantitative estimate of drug-likeness (QED) is 0.828. The summed E-state index contributed by atoms with van der Waals surface area (Å²) in [5.41, 5.74) is 9.67. The van der Waals surface area contributed by atoms with Gasteiger partial charge < -0.3 is 11.1 Å². The lowest BCUT2D eigenvalue weighted by molar-refractivity contribution is 0.0945. The fraction of sp³-hybridized carbons (Fsp3) is 0.562. The average molecular weight is 262 g/mol. The van der Waals surface area contributed by atoms with Gasteiger partial charge in [0, 0.05) is 12.1 Å². The maximum absolute atomic E-state index is 12.3. The van der Waals surface area contributed by atoms with Crippen molar-refractivity contribution in [1.82, 2.24) is 5.32 Å². The molecule has 1 aromatic carbocycles. The van der Waals surface area contributed by atoms with Crippen LogP contribution in [0.25, 0.3) is 0 Å². The zero-order valence-corrected chi connectivity index (χ0v) is 12.5. The Kier molecular flexibility index (Phi) is 6.03. The maximum atomic E-state index is 12.3. The van der Waals surface area contributed by atoms with Crippen LogP contribution < -0.4 is 11.1 Å². The van der Waals surface area contributed by atoms with E-state index < -0.39 is 0 Å². The van der Waals surface area contributed by atoms with Crippen LogP contribution in [0.5, 0.6) is 0 Å². The Morgan fingerprint density at radius 1 is 1.26 bits per heavy atom. The molecule has 1 atom stereocenters. The van der Waals surface area contributed by atoms with Gasteiger partial charge in [-0.05, 0) is 50.8 Å². The highest BCUT2D eigenvalue weighted by molar-refractivity contribution is 5.97. The molecule has 1 unspecified atom stereocenters.